The molecule has 0 spiro atoms. The number of rotatable bonds is 8. The fourth-order valence-electron chi connectivity index (χ4n) is 3.38. The van der Waals surface area contributed by atoms with Crippen LogP contribution in [0.2, 0.25) is 0 Å². The first kappa shape index (κ1) is 22.0. The molecule has 0 aliphatic heterocycles. The molecule has 3 heteroatoms. The van der Waals surface area contributed by atoms with E-state index in [1.54, 1.807) is 0 Å². The van der Waals surface area contributed by atoms with Gasteiger partial charge in [-0.3, -0.25) is 0 Å². The van der Waals surface area contributed by atoms with Gasteiger partial charge in [0.2, 0.25) is 0 Å². The van der Waals surface area contributed by atoms with Gasteiger partial charge in [0.1, 0.15) is 6.10 Å². The second-order valence-corrected chi connectivity index (χ2v) is 10.1. The van der Waals surface area contributed by atoms with Gasteiger partial charge in [0.25, 0.3) is 0 Å². The van der Waals surface area contributed by atoms with Crippen molar-refractivity contribution in [1.29, 1.82) is 0 Å². The summed E-state index contributed by atoms with van der Waals surface area (Å²) >= 11 is 0. The Morgan fingerprint density at radius 3 is 1.87 bits per heavy atom. The van der Waals surface area contributed by atoms with Crippen molar-refractivity contribution in [2.75, 3.05) is 0 Å². The topological polar surface area (TPSA) is 26.3 Å². The molecule has 0 aliphatic carbocycles. The second kappa shape index (κ2) is 10.4. The Balaban J connectivity index is 2.03. The molecule has 0 aliphatic rings. The van der Waals surface area contributed by atoms with E-state index in [1.165, 1.54) is 10.6 Å². The maximum Gasteiger partial charge on any atom is 0.339 e. The summed E-state index contributed by atoms with van der Waals surface area (Å²) < 4.78 is 5.98. The van der Waals surface area contributed by atoms with E-state index in [0.29, 0.717) is 12.0 Å². The third kappa shape index (κ3) is 5.46. The van der Waals surface area contributed by atoms with Gasteiger partial charge in [-0.25, -0.2) is 4.79 Å². The highest BCUT2D eigenvalue weighted by Crippen LogP contribution is 2.34. The van der Waals surface area contributed by atoms with E-state index in [4.69, 9.17) is 4.74 Å². The van der Waals surface area contributed by atoms with Gasteiger partial charge < -0.3 is 4.74 Å². The highest BCUT2D eigenvalue weighted by atomic mass is 31.1. The van der Waals surface area contributed by atoms with Crippen LogP contribution in [0.1, 0.15) is 37.6 Å². The Kier molecular flexibility index (Phi) is 7.60. The molecule has 3 aromatic rings. The van der Waals surface area contributed by atoms with E-state index in [2.05, 4.69) is 75.0 Å². The minimum absolute atomic E-state index is 0.178. The monoisotopic (exact) mass is 416 g/mol. The molecule has 0 amide bonds. The summed E-state index contributed by atoms with van der Waals surface area (Å²) in [4.78, 5) is 13.3. The van der Waals surface area contributed by atoms with E-state index in [-0.39, 0.29) is 18.0 Å². The smallest absolute Gasteiger partial charge is 0.339 e. The van der Waals surface area contributed by atoms with E-state index in [9.17, 15) is 4.79 Å². The lowest BCUT2D eigenvalue weighted by Crippen LogP contribution is -2.29. The maximum atomic E-state index is 13.3. The van der Waals surface area contributed by atoms with Crippen molar-refractivity contribution in [2.24, 2.45) is 5.92 Å². The van der Waals surface area contributed by atoms with Crippen molar-refractivity contribution in [3.05, 3.63) is 103 Å². The average Bonchev–Trinajstić information content (AvgIpc) is 2.75. The summed E-state index contributed by atoms with van der Waals surface area (Å²) in [6, 6.07) is 28.7. The van der Waals surface area contributed by atoms with Crippen molar-refractivity contribution in [2.45, 2.75) is 33.3 Å². The van der Waals surface area contributed by atoms with Crippen LogP contribution in [-0.2, 0) is 4.74 Å². The van der Waals surface area contributed by atoms with E-state index >= 15 is 0 Å². The summed E-state index contributed by atoms with van der Waals surface area (Å²) in [6.07, 6.45) is 0.500. The Morgan fingerprint density at radius 2 is 1.37 bits per heavy atom. The third-order valence-corrected chi connectivity index (χ3v) is 7.45. The van der Waals surface area contributed by atoms with Crippen molar-refractivity contribution in [1.82, 2.24) is 0 Å². The molecule has 30 heavy (non-hydrogen) atoms. The van der Waals surface area contributed by atoms with Gasteiger partial charge in [-0.15, -0.1) is 6.58 Å². The zero-order chi connectivity index (χ0) is 21.5. The normalized spacial score (nSPS) is 12.0. The largest absolute Gasteiger partial charge is 0.458 e. The Hall–Kier alpha value is -2.70. The first-order valence-electron chi connectivity index (χ1n) is 10.3. The molecule has 2 nitrogen and oxygen atoms in total. The molecule has 0 aromatic heterocycles. The van der Waals surface area contributed by atoms with Crippen LogP contribution in [0.4, 0.5) is 0 Å². The maximum absolute atomic E-state index is 13.3. The average molecular weight is 417 g/mol. The number of carbonyl (C=O) groups excluding carboxylic acids is 1. The molecule has 0 saturated carbocycles. The molecule has 3 aromatic carbocycles. The predicted octanol–water partition coefficient (Wildman–Crippen LogP) is 5.59. The van der Waals surface area contributed by atoms with E-state index in [0.717, 1.165) is 10.9 Å². The van der Waals surface area contributed by atoms with Crippen LogP contribution in [0.3, 0.4) is 0 Å². The lowest BCUT2D eigenvalue weighted by atomic mass is 10.0. The summed E-state index contributed by atoms with van der Waals surface area (Å²) in [6.45, 7) is 10.1. The molecule has 0 bridgehead atoms. The highest BCUT2D eigenvalue weighted by molar-refractivity contribution is 7.80. The summed E-state index contributed by atoms with van der Waals surface area (Å²) in [7, 11) is -0.875. The Bertz CT molecular complexity index is 941. The van der Waals surface area contributed by atoms with Gasteiger partial charge in [-0.2, -0.15) is 0 Å². The molecule has 3 rings (SSSR count). The van der Waals surface area contributed by atoms with E-state index in [1.807, 2.05) is 37.3 Å². The number of hydrogen-bond donors (Lipinski definition) is 0. The SMILES string of the molecule is C=C(C)C[C@H](OC(=O)c1ccccc1P(c1ccccc1)c1ccccc1)C(C)C. The molecule has 0 fully saturated rings. The fraction of sp³-hybridized carbons (Fsp3) is 0.222. The van der Waals surface area contributed by atoms with Gasteiger partial charge in [0.15, 0.2) is 0 Å². The number of ether oxygens (including phenoxy) is 1. The Labute approximate surface area is 181 Å². The number of esters is 1. The minimum atomic E-state index is -0.875. The van der Waals surface area contributed by atoms with Crippen molar-refractivity contribution in [3.8, 4) is 0 Å². The lowest BCUT2D eigenvalue weighted by Gasteiger charge is -2.24. The number of hydrogen-bond acceptors (Lipinski definition) is 2. The van der Waals surface area contributed by atoms with Crippen LogP contribution >= 0.6 is 7.92 Å². The first-order chi connectivity index (χ1) is 14.5. The van der Waals surface area contributed by atoms with Gasteiger partial charge in [0, 0.05) is 6.42 Å². The molecule has 0 saturated heterocycles. The predicted molar refractivity (Wildman–Crippen MR) is 129 cm³/mol. The summed E-state index contributed by atoms with van der Waals surface area (Å²) in [5.41, 5.74) is 1.66. The third-order valence-electron chi connectivity index (χ3n) is 4.95. The van der Waals surface area contributed by atoms with Crippen LogP contribution in [0, 0.1) is 5.92 Å². The minimum Gasteiger partial charge on any atom is -0.458 e. The zero-order valence-corrected chi connectivity index (χ0v) is 18.8. The van der Waals surface area contributed by atoms with E-state index < -0.39 is 7.92 Å². The zero-order valence-electron chi connectivity index (χ0n) is 17.9. The highest BCUT2D eigenvalue weighted by Gasteiger charge is 2.25. The van der Waals surface area contributed by atoms with Gasteiger partial charge in [-0.05, 0) is 42.7 Å². The molecule has 0 unspecified atom stereocenters. The van der Waals surface area contributed by atoms with Crippen molar-refractivity contribution in [3.63, 3.8) is 0 Å². The molecule has 0 heterocycles. The van der Waals surface area contributed by atoms with Crippen molar-refractivity contribution >= 4 is 29.8 Å². The second-order valence-electron chi connectivity index (χ2n) is 7.87. The fourth-order valence-corrected chi connectivity index (χ4v) is 5.82. The quantitative estimate of drug-likeness (QED) is 0.272. The molecular weight excluding hydrogens is 387 g/mol. The van der Waals surface area contributed by atoms with Crippen LogP contribution in [0.25, 0.3) is 0 Å². The van der Waals surface area contributed by atoms with Crippen LogP contribution in [0.5, 0.6) is 0 Å². The summed E-state index contributed by atoms with van der Waals surface area (Å²) in [5.74, 6) is -0.0347. The number of benzene rings is 3. The molecule has 1 atom stereocenters. The van der Waals surface area contributed by atoms with Crippen molar-refractivity contribution < 1.29 is 9.53 Å². The summed E-state index contributed by atoms with van der Waals surface area (Å²) in [5, 5.41) is 3.44. The molecule has 154 valence electrons. The molecule has 0 radical (unpaired) electrons. The number of carbonyl (C=O) groups is 1. The molecular formula is C27H29O2P. The van der Waals surface area contributed by atoms with Gasteiger partial charge >= 0.3 is 5.97 Å². The van der Waals surface area contributed by atoms with Gasteiger partial charge in [-0.1, -0.05) is 98.3 Å². The molecule has 0 N–H and O–H groups in total. The van der Waals surface area contributed by atoms with Crippen LogP contribution < -0.4 is 15.9 Å². The standard InChI is InChI=1S/C27H29O2P/c1-20(2)19-25(21(3)4)29-27(28)24-17-11-12-18-26(24)30(22-13-7-5-8-14-22)23-15-9-6-10-16-23/h5-18,21,25H,1,19H2,2-4H3/t25-/m0/s1. The van der Waals surface area contributed by atoms with Crippen LogP contribution in [0.15, 0.2) is 97.1 Å². The van der Waals surface area contributed by atoms with Crippen LogP contribution in [-0.4, -0.2) is 12.1 Å². The first-order valence-corrected chi connectivity index (χ1v) is 11.7. The Morgan fingerprint density at radius 1 is 0.867 bits per heavy atom. The lowest BCUT2D eigenvalue weighted by molar-refractivity contribution is 0.0188. The van der Waals surface area contributed by atoms with Gasteiger partial charge in [0.05, 0.1) is 5.56 Å².